The van der Waals surface area contributed by atoms with Crippen molar-refractivity contribution in [3.05, 3.63) is 18.2 Å². The standard InChI is InChI=1S/C15H23N3O4/c1-5-6-12(14(19)16-2)18-15(20)17-11-8-7-10(21-3)9-13(11)22-4/h7-9,12H,5-6H2,1-4H3,(H,16,19)(H2,17,18,20)/t12-/m1/s1. The molecule has 0 aliphatic heterocycles. The lowest BCUT2D eigenvalue weighted by Gasteiger charge is -2.18. The maximum absolute atomic E-state index is 12.1. The molecule has 122 valence electrons. The molecular formula is C15H23N3O4. The van der Waals surface area contributed by atoms with Gasteiger partial charge in [-0.1, -0.05) is 13.3 Å². The van der Waals surface area contributed by atoms with Crippen molar-refractivity contribution in [2.24, 2.45) is 0 Å². The second-order valence-corrected chi connectivity index (χ2v) is 4.62. The van der Waals surface area contributed by atoms with Gasteiger partial charge < -0.3 is 25.4 Å². The van der Waals surface area contributed by atoms with E-state index >= 15 is 0 Å². The van der Waals surface area contributed by atoms with Gasteiger partial charge in [0.2, 0.25) is 5.91 Å². The lowest BCUT2D eigenvalue weighted by atomic mass is 10.1. The Labute approximate surface area is 130 Å². The average Bonchev–Trinajstić information content (AvgIpc) is 2.53. The summed E-state index contributed by atoms with van der Waals surface area (Å²) in [5.74, 6) is 0.872. The smallest absolute Gasteiger partial charge is 0.319 e. The zero-order valence-electron chi connectivity index (χ0n) is 13.4. The molecule has 3 N–H and O–H groups in total. The first-order chi connectivity index (χ1) is 10.5. The van der Waals surface area contributed by atoms with Crippen LogP contribution in [-0.4, -0.2) is 39.2 Å². The van der Waals surface area contributed by atoms with Gasteiger partial charge >= 0.3 is 6.03 Å². The van der Waals surface area contributed by atoms with E-state index in [1.165, 1.54) is 14.2 Å². The van der Waals surface area contributed by atoms with Crippen molar-refractivity contribution >= 4 is 17.6 Å². The van der Waals surface area contributed by atoms with Crippen molar-refractivity contribution in [2.75, 3.05) is 26.6 Å². The number of carbonyl (C=O) groups is 2. The summed E-state index contributed by atoms with van der Waals surface area (Å²) in [4.78, 5) is 23.8. The van der Waals surface area contributed by atoms with Crippen LogP contribution in [0, 0.1) is 0 Å². The molecule has 1 aromatic carbocycles. The first-order valence-electron chi connectivity index (χ1n) is 7.06. The lowest BCUT2D eigenvalue weighted by Crippen LogP contribution is -2.47. The summed E-state index contributed by atoms with van der Waals surface area (Å²) in [5.41, 5.74) is 0.493. The van der Waals surface area contributed by atoms with Gasteiger partial charge in [0.15, 0.2) is 0 Å². The molecule has 7 heteroatoms. The number of methoxy groups -OCH3 is 2. The zero-order chi connectivity index (χ0) is 16.5. The number of carbonyl (C=O) groups excluding carboxylic acids is 2. The fourth-order valence-corrected chi connectivity index (χ4v) is 1.95. The van der Waals surface area contributed by atoms with Gasteiger partial charge in [0.25, 0.3) is 0 Å². The van der Waals surface area contributed by atoms with E-state index in [0.717, 1.165) is 6.42 Å². The molecule has 0 unspecified atom stereocenters. The summed E-state index contributed by atoms with van der Waals surface area (Å²) in [7, 11) is 4.59. The maximum Gasteiger partial charge on any atom is 0.319 e. The van der Waals surface area contributed by atoms with Crippen molar-refractivity contribution < 1.29 is 19.1 Å². The molecule has 0 fully saturated rings. The topological polar surface area (TPSA) is 88.7 Å². The number of likely N-dealkylation sites (N-methyl/N-ethyl adjacent to an activating group) is 1. The molecule has 22 heavy (non-hydrogen) atoms. The van der Waals surface area contributed by atoms with Gasteiger partial charge in [0, 0.05) is 13.1 Å². The van der Waals surface area contributed by atoms with Gasteiger partial charge in [-0.15, -0.1) is 0 Å². The normalized spacial score (nSPS) is 11.3. The highest BCUT2D eigenvalue weighted by Crippen LogP contribution is 2.28. The Morgan fingerprint density at radius 3 is 2.50 bits per heavy atom. The fraction of sp³-hybridized carbons (Fsp3) is 0.467. The van der Waals surface area contributed by atoms with Gasteiger partial charge in [-0.25, -0.2) is 4.79 Å². The molecule has 1 rings (SSSR count). The van der Waals surface area contributed by atoms with Crippen LogP contribution >= 0.6 is 0 Å². The number of rotatable bonds is 7. The predicted octanol–water partition coefficient (Wildman–Crippen LogP) is 1.74. The van der Waals surface area contributed by atoms with E-state index in [2.05, 4.69) is 16.0 Å². The molecular weight excluding hydrogens is 286 g/mol. The Balaban J connectivity index is 2.77. The predicted molar refractivity (Wildman–Crippen MR) is 84.5 cm³/mol. The fourth-order valence-electron chi connectivity index (χ4n) is 1.95. The van der Waals surface area contributed by atoms with Crippen molar-refractivity contribution in [3.8, 4) is 11.5 Å². The van der Waals surface area contributed by atoms with Gasteiger partial charge in [0.05, 0.1) is 19.9 Å². The third kappa shape index (κ3) is 4.83. The van der Waals surface area contributed by atoms with Crippen LogP contribution in [-0.2, 0) is 4.79 Å². The lowest BCUT2D eigenvalue weighted by molar-refractivity contribution is -0.122. The van der Waals surface area contributed by atoms with E-state index in [0.29, 0.717) is 23.6 Å². The highest BCUT2D eigenvalue weighted by Gasteiger charge is 2.19. The molecule has 1 atom stereocenters. The summed E-state index contributed by atoms with van der Waals surface area (Å²) >= 11 is 0. The number of ether oxygens (including phenoxy) is 2. The maximum atomic E-state index is 12.1. The van der Waals surface area contributed by atoms with Gasteiger partial charge in [-0.05, 0) is 18.6 Å². The van der Waals surface area contributed by atoms with Crippen molar-refractivity contribution in [1.29, 1.82) is 0 Å². The molecule has 0 aromatic heterocycles. The molecule has 7 nitrogen and oxygen atoms in total. The molecule has 0 saturated heterocycles. The van der Waals surface area contributed by atoms with Crippen molar-refractivity contribution in [2.45, 2.75) is 25.8 Å². The van der Waals surface area contributed by atoms with Crippen LogP contribution in [0.4, 0.5) is 10.5 Å². The van der Waals surface area contributed by atoms with Crippen LogP contribution in [0.25, 0.3) is 0 Å². The number of nitrogens with one attached hydrogen (secondary N) is 3. The van der Waals surface area contributed by atoms with Crippen LogP contribution in [0.5, 0.6) is 11.5 Å². The van der Waals surface area contributed by atoms with Crippen molar-refractivity contribution in [3.63, 3.8) is 0 Å². The second kappa shape index (κ2) is 8.76. The first-order valence-corrected chi connectivity index (χ1v) is 7.06. The minimum atomic E-state index is -0.570. The van der Waals surface area contributed by atoms with Gasteiger partial charge in [0.1, 0.15) is 17.5 Å². The largest absolute Gasteiger partial charge is 0.497 e. The molecule has 0 aliphatic carbocycles. The third-order valence-electron chi connectivity index (χ3n) is 3.10. The van der Waals surface area contributed by atoms with E-state index < -0.39 is 12.1 Å². The zero-order valence-corrected chi connectivity index (χ0v) is 13.4. The minimum Gasteiger partial charge on any atom is -0.497 e. The van der Waals surface area contributed by atoms with E-state index in [-0.39, 0.29) is 5.91 Å². The Hall–Kier alpha value is -2.44. The Bertz CT molecular complexity index is 520. The summed E-state index contributed by atoms with van der Waals surface area (Å²) in [5, 5.41) is 7.85. The summed E-state index contributed by atoms with van der Waals surface area (Å²) in [6, 6.07) is 4.01. The number of hydrogen-bond donors (Lipinski definition) is 3. The molecule has 0 radical (unpaired) electrons. The van der Waals surface area contributed by atoms with Crippen molar-refractivity contribution in [1.82, 2.24) is 10.6 Å². The van der Waals surface area contributed by atoms with E-state index in [9.17, 15) is 9.59 Å². The molecule has 0 spiro atoms. The number of benzene rings is 1. The third-order valence-corrected chi connectivity index (χ3v) is 3.10. The number of hydrogen-bond acceptors (Lipinski definition) is 4. The summed E-state index contributed by atoms with van der Waals surface area (Å²) in [6.45, 7) is 1.95. The Morgan fingerprint density at radius 1 is 1.23 bits per heavy atom. The quantitative estimate of drug-likeness (QED) is 0.716. The van der Waals surface area contributed by atoms with Crippen LogP contribution < -0.4 is 25.4 Å². The Morgan fingerprint density at radius 2 is 1.95 bits per heavy atom. The number of amides is 3. The summed E-state index contributed by atoms with van der Waals surface area (Å²) < 4.78 is 10.3. The van der Waals surface area contributed by atoms with Crippen LogP contribution in [0.3, 0.4) is 0 Å². The molecule has 0 saturated carbocycles. The Kier molecular flexibility index (Phi) is 7.01. The first kappa shape index (κ1) is 17.6. The highest BCUT2D eigenvalue weighted by molar-refractivity contribution is 5.94. The van der Waals surface area contributed by atoms with E-state index in [1.807, 2.05) is 6.92 Å². The minimum absolute atomic E-state index is 0.223. The highest BCUT2D eigenvalue weighted by atomic mass is 16.5. The number of anilines is 1. The summed E-state index contributed by atoms with van der Waals surface area (Å²) in [6.07, 6.45) is 1.34. The molecule has 0 aliphatic rings. The van der Waals surface area contributed by atoms with Crippen LogP contribution in [0.15, 0.2) is 18.2 Å². The van der Waals surface area contributed by atoms with E-state index in [4.69, 9.17) is 9.47 Å². The van der Waals surface area contributed by atoms with Gasteiger partial charge in [-0.3, -0.25) is 4.79 Å². The second-order valence-electron chi connectivity index (χ2n) is 4.62. The van der Waals surface area contributed by atoms with Crippen LogP contribution in [0.2, 0.25) is 0 Å². The van der Waals surface area contributed by atoms with Crippen LogP contribution in [0.1, 0.15) is 19.8 Å². The monoisotopic (exact) mass is 309 g/mol. The van der Waals surface area contributed by atoms with Gasteiger partial charge in [-0.2, -0.15) is 0 Å². The SMILES string of the molecule is CCC[C@@H](NC(=O)Nc1ccc(OC)cc1OC)C(=O)NC. The molecule has 0 bridgehead atoms. The average molecular weight is 309 g/mol. The number of urea groups is 1. The molecule has 3 amide bonds. The molecule has 1 aromatic rings. The molecule has 0 heterocycles. The van der Waals surface area contributed by atoms with E-state index in [1.54, 1.807) is 25.3 Å².